The zero-order valence-corrected chi connectivity index (χ0v) is 40.8. The molecular weight excluding hydrogens is 974 g/mol. The van der Waals surface area contributed by atoms with Gasteiger partial charge in [0.25, 0.3) is 0 Å². The summed E-state index contributed by atoms with van der Waals surface area (Å²) < 4.78 is 50.5. The number of hydrogen-bond donors (Lipinski definition) is 0. The normalized spacial score (nSPS) is 11.2. The smallest absolute Gasteiger partial charge is 0.308 e. The molecule has 0 saturated carbocycles. The fourth-order valence-electron chi connectivity index (χ4n) is 10.9. The molecule has 0 radical (unpaired) electrons. The molecule has 0 fully saturated rings. The first-order chi connectivity index (χ1) is 38.1. The van der Waals surface area contributed by atoms with Crippen LogP contribution in [0.5, 0.6) is 0 Å². The molecule has 2 heterocycles. The molecule has 362 valence electrons. The molecule has 0 aliphatic rings. The van der Waals surface area contributed by atoms with Crippen LogP contribution in [-0.2, 0) is 6.18 Å². The lowest BCUT2D eigenvalue weighted by Gasteiger charge is -2.21. The summed E-state index contributed by atoms with van der Waals surface area (Å²) in [6.07, 6.45) is -4.92. The molecule has 8 nitrogen and oxygen atoms in total. The standard InChI is InChI=1S/C67H33F3N8/c1-74-57-20-10-8-17-49(57)42-25-29-53-51-27-23-40(47-15-6-4-13-44(47)37-71)31-60(51)77(62(53)33-42)64-35-46(66-56(67(68,69)70)19-12-22-59(66)76-3)36-65(55(64)39-73)78-61-32-41(48-16-7-5-14-45(48)38-72)24-28-52(61)54-30-26-43(34-63(54)78)50-18-9-11-21-58(50)75-2/h4-36H. The Morgan fingerprint density at radius 3 is 1.10 bits per heavy atom. The summed E-state index contributed by atoms with van der Waals surface area (Å²) in [7, 11) is 0. The van der Waals surface area contributed by atoms with E-state index in [-0.39, 0.29) is 33.8 Å². The van der Waals surface area contributed by atoms with Gasteiger partial charge in [-0.05, 0) is 104 Å². The average Bonchev–Trinajstić information content (AvgIpc) is 4.22. The lowest BCUT2D eigenvalue weighted by atomic mass is 9.94. The van der Waals surface area contributed by atoms with Crippen LogP contribution in [0, 0.1) is 53.7 Å². The highest BCUT2D eigenvalue weighted by Crippen LogP contribution is 2.48. The fraction of sp³-hybridized carbons (Fsp3) is 0.0149. The minimum Gasteiger partial charge on any atom is -0.308 e. The Labute approximate surface area is 444 Å². The number of benzene rings is 10. The summed E-state index contributed by atoms with van der Waals surface area (Å²) in [5.41, 5.74) is 7.72. The van der Waals surface area contributed by atoms with Gasteiger partial charge in [0.15, 0.2) is 17.1 Å². The lowest BCUT2D eigenvalue weighted by molar-refractivity contribution is -0.137. The quantitative estimate of drug-likeness (QED) is 0.149. The Kier molecular flexibility index (Phi) is 11.4. The maximum atomic E-state index is 15.6. The lowest BCUT2D eigenvalue weighted by Crippen LogP contribution is -2.09. The van der Waals surface area contributed by atoms with Crippen molar-refractivity contribution in [3.05, 3.63) is 257 Å². The highest BCUT2D eigenvalue weighted by molar-refractivity contribution is 6.14. The largest absolute Gasteiger partial charge is 0.415 e. The first-order valence-electron chi connectivity index (χ1n) is 24.3. The number of rotatable bonds is 7. The summed E-state index contributed by atoms with van der Waals surface area (Å²) in [5, 5.41) is 35.5. The van der Waals surface area contributed by atoms with E-state index >= 15 is 13.2 Å². The predicted molar refractivity (Wildman–Crippen MR) is 300 cm³/mol. The van der Waals surface area contributed by atoms with Crippen LogP contribution in [0.3, 0.4) is 0 Å². The van der Waals surface area contributed by atoms with Gasteiger partial charge >= 0.3 is 6.18 Å². The second kappa shape index (κ2) is 18.8. The first-order valence-corrected chi connectivity index (χ1v) is 24.3. The number of nitrogens with zero attached hydrogens (tertiary/aromatic N) is 8. The second-order valence-electron chi connectivity index (χ2n) is 18.5. The van der Waals surface area contributed by atoms with Crippen molar-refractivity contribution in [1.82, 2.24) is 9.13 Å². The van der Waals surface area contributed by atoms with Gasteiger partial charge in [0.05, 0.1) is 82.0 Å². The monoisotopic (exact) mass is 1010 g/mol. The van der Waals surface area contributed by atoms with E-state index in [4.69, 9.17) is 19.7 Å². The molecule has 0 aliphatic carbocycles. The molecule has 10 aromatic carbocycles. The molecule has 78 heavy (non-hydrogen) atoms. The topological polar surface area (TPSA) is 94.3 Å². The molecule has 0 atom stereocenters. The van der Waals surface area contributed by atoms with Crippen molar-refractivity contribution >= 4 is 60.7 Å². The second-order valence-corrected chi connectivity index (χ2v) is 18.5. The van der Waals surface area contributed by atoms with Crippen molar-refractivity contribution in [2.45, 2.75) is 6.18 Å². The molecule has 12 rings (SSSR count). The molecule has 2 aromatic heterocycles. The van der Waals surface area contributed by atoms with E-state index in [1.165, 1.54) is 24.3 Å². The van der Waals surface area contributed by atoms with E-state index in [9.17, 15) is 15.8 Å². The van der Waals surface area contributed by atoms with Crippen molar-refractivity contribution in [1.29, 1.82) is 15.8 Å². The predicted octanol–water partition coefficient (Wildman–Crippen LogP) is 18.5. The van der Waals surface area contributed by atoms with Gasteiger partial charge in [-0.1, -0.05) is 152 Å². The molecule has 0 bridgehead atoms. The van der Waals surface area contributed by atoms with Gasteiger partial charge in [-0.25, -0.2) is 14.5 Å². The minimum absolute atomic E-state index is 0.0103. The number of hydrogen-bond acceptors (Lipinski definition) is 3. The summed E-state index contributed by atoms with van der Waals surface area (Å²) in [4.78, 5) is 11.3. The molecule has 0 amide bonds. The van der Waals surface area contributed by atoms with Gasteiger partial charge in [-0.3, -0.25) is 0 Å². The molecule has 0 aliphatic heterocycles. The third kappa shape index (κ3) is 7.65. The van der Waals surface area contributed by atoms with E-state index in [2.05, 4.69) is 32.7 Å². The number of halogens is 3. The van der Waals surface area contributed by atoms with Crippen molar-refractivity contribution in [3.8, 4) is 85.2 Å². The maximum absolute atomic E-state index is 15.6. The molecular formula is C67H33F3N8. The molecule has 0 N–H and O–H groups in total. The van der Waals surface area contributed by atoms with Crippen molar-refractivity contribution in [2.24, 2.45) is 0 Å². The van der Waals surface area contributed by atoms with Crippen LogP contribution in [0.15, 0.2) is 200 Å². The van der Waals surface area contributed by atoms with E-state index in [1.807, 2.05) is 130 Å². The van der Waals surface area contributed by atoms with E-state index < -0.39 is 11.7 Å². The summed E-state index contributed by atoms with van der Waals surface area (Å²) in [6.45, 7) is 24.4. The highest BCUT2D eigenvalue weighted by Gasteiger charge is 2.36. The van der Waals surface area contributed by atoms with Gasteiger partial charge in [-0.15, -0.1) is 0 Å². The van der Waals surface area contributed by atoms with Gasteiger partial charge in [0.1, 0.15) is 11.6 Å². The van der Waals surface area contributed by atoms with E-state index in [0.717, 1.165) is 27.6 Å². The molecule has 11 heteroatoms. The number of aromatic nitrogens is 2. The summed E-state index contributed by atoms with van der Waals surface area (Å²) >= 11 is 0. The van der Waals surface area contributed by atoms with Crippen LogP contribution in [0.2, 0.25) is 0 Å². The van der Waals surface area contributed by atoms with Crippen LogP contribution < -0.4 is 0 Å². The number of alkyl halides is 3. The van der Waals surface area contributed by atoms with Crippen molar-refractivity contribution < 1.29 is 13.2 Å². The number of fused-ring (bicyclic) bond motifs is 6. The SMILES string of the molecule is [C-]#[N+]c1ccccc1-c1ccc2c3ccc(-c4ccccc4C#N)cc3n(-c3cc(-c4c([N+]#[C-])cccc4C(F)(F)F)cc(-n4c5cc(-c6ccccc6C#N)ccc5c5ccc(-c6ccccc6[N+]#[C-])cc54)c3C#N)c2c1. The maximum Gasteiger partial charge on any atom is 0.415 e. The van der Waals surface area contributed by atoms with Gasteiger partial charge < -0.3 is 9.13 Å². The zero-order chi connectivity index (χ0) is 53.8. The van der Waals surface area contributed by atoms with Crippen LogP contribution in [-0.4, -0.2) is 9.13 Å². The van der Waals surface area contributed by atoms with E-state index in [0.29, 0.717) is 89.1 Å². The van der Waals surface area contributed by atoms with Gasteiger partial charge in [0.2, 0.25) is 0 Å². The minimum atomic E-state index is -4.92. The third-order valence-corrected chi connectivity index (χ3v) is 14.4. The zero-order valence-electron chi connectivity index (χ0n) is 40.8. The van der Waals surface area contributed by atoms with Crippen LogP contribution in [0.4, 0.5) is 30.2 Å². The third-order valence-electron chi connectivity index (χ3n) is 14.4. The van der Waals surface area contributed by atoms with E-state index in [1.54, 1.807) is 48.5 Å². The van der Waals surface area contributed by atoms with Crippen LogP contribution >= 0.6 is 0 Å². The summed E-state index contributed by atoms with van der Waals surface area (Å²) in [6, 6.07) is 65.3. The Morgan fingerprint density at radius 2 is 0.731 bits per heavy atom. The molecule has 0 saturated heterocycles. The van der Waals surface area contributed by atoms with Crippen LogP contribution in [0.1, 0.15) is 22.3 Å². The van der Waals surface area contributed by atoms with Gasteiger partial charge in [0, 0.05) is 21.5 Å². The van der Waals surface area contributed by atoms with Gasteiger partial charge in [-0.2, -0.15) is 29.0 Å². The van der Waals surface area contributed by atoms with Crippen LogP contribution in [0.25, 0.3) is 125 Å². The fourth-order valence-corrected chi connectivity index (χ4v) is 10.9. The molecule has 0 unspecified atom stereocenters. The number of nitriles is 3. The summed E-state index contributed by atoms with van der Waals surface area (Å²) in [5.74, 6) is 0. The van der Waals surface area contributed by atoms with Crippen molar-refractivity contribution in [3.63, 3.8) is 0 Å². The van der Waals surface area contributed by atoms with Crippen molar-refractivity contribution in [2.75, 3.05) is 0 Å². The Morgan fingerprint density at radius 1 is 0.372 bits per heavy atom. The number of para-hydroxylation sites is 2. The average molecular weight is 1010 g/mol. The Bertz CT molecular complexity index is 4330. The Hall–Kier alpha value is -11.5. The Balaban J connectivity index is 1.29. The highest BCUT2D eigenvalue weighted by atomic mass is 19.4. The molecule has 0 spiro atoms. The molecule has 12 aromatic rings. The first kappa shape index (κ1) is 47.5.